The van der Waals surface area contributed by atoms with Crippen molar-refractivity contribution in [3.8, 4) is 22.9 Å². The van der Waals surface area contributed by atoms with Crippen LogP contribution in [0.15, 0.2) is 50.9 Å². The van der Waals surface area contributed by atoms with E-state index in [1.54, 1.807) is 37.4 Å². The third-order valence-corrected chi connectivity index (χ3v) is 4.85. The molecule has 1 N–H and O–H groups in total. The van der Waals surface area contributed by atoms with E-state index in [9.17, 15) is 14.3 Å². The number of hydrogen-bond acceptors (Lipinski definition) is 9. The van der Waals surface area contributed by atoms with Crippen LogP contribution < -0.4 is 4.74 Å². The first kappa shape index (κ1) is 22.9. The molecule has 0 fully saturated rings. The van der Waals surface area contributed by atoms with Gasteiger partial charge in [0.25, 0.3) is 0 Å². The Morgan fingerprint density at radius 2 is 1.94 bits per heavy atom. The highest BCUT2D eigenvalue weighted by atomic mass is 32.2. The van der Waals surface area contributed by atoms with Crippen LogP contribution in [-0.4, -0.2) is 52.6 Å². The molecule has 0 bridgehead atoms. The molecule has 0 saturated carbocycles. The van der Waals surface area contributed by atoms with Crippen molar-refractivity contribution in [2.75, 3.05) is 20.5 Å². The lowest BCUT2D eigenvalue weighted by molar-refractivity contribution is 0.183. The van der Waals surface area contributed by atoms with Gasteiger partial charge in [-0.2, -0.15) is 9.98 Å². The lowest BCUT2D eigenvalue weighted by Gasteiger charge is -2.12. The molecule has 0 aliphatic rings. The number of hydrogen-bond donors (Lipinski definition) is 1. The number of ether oxygens (including phenoxy) is 2. The van der Waals surface area contributed by atoms with Crippen LogP contribution in [0.5, 0.6) is 11.5 Å². The monoisotopic (exact) mass is 458 g/mol. The average Bonchev–Trinajstić information content (AvgIpc) is 3.23. The number of thioether (sulfide) groups is 1. The van der Waals surface area contributed by atoms with Crippen molar-refractivity contribution in [3.05, 3.63) is 53.7 Å². The number of aliphatic imine (C=N–C) groups is 2. The molecule has 0 saturated heterocycles. The molecule has 166 valence electrons. The molecule has 9 nitrogen and oxygen atoms in total. The summed E-state index contributed by atoms with van der Waals surface area (Å²) in [6.07, 6.45) is 0.781. The van der Waals surface area contributed by atoms with Gasteiger partial charge in [0.1, 0.15) is 16.6 Å². The zero-order chi connectivity index (χ0) is 23.3. The Labute approximate surface area is 187 Å². The molecule has 3 aromatic rings. The first-order valence-electron chi connectivity index (χ1n) is 9.13. The van der Waals surface area contributed by atoms with Gasteiger partial charge in [-0.3, -0.25) is 0 Å². The van der Waals surface area contributed by atoms with E-state index in [0.717, 1.165) is 23.9 Å². The Hall–Kier alpha value is -3.73. The number of phenolic OH excluding ortho intramolecular Hbond substituents is 1. The maximum absolute atomic E-state index is 14.9. The van der Waals surface area contributed by atoms with E-state index in [0.29, 0.717) is 23.0 Å². The number of aromatic hydroxyl groups is 1. The predicted octanol–water partition coefficient (Wildman–Crippen LogP) is 4.55. The molecule has 1 amide bonds. The van der Waals surface area contributed by atoms with Crippen LogP contribution >= 0.6 is 11.8 Å². The van der Waals surface area contributed by atoms with Crippen molar-refractivity contribution < 1.29 is 28.3 Å². The number of aromatic nitrogens is 2. The molecule has 0 aliphatic carbocycles. The fourth-order valence-corrected chi connectivity index (χ4v) is 3.18. The minimum absolute atomic E-state index is 0.0292. The molecule has 32 heavy (non-hydrogen) atoms. The topological polar surface area (TPSA) is 119 Å². The Balaban J connectivity index is 2.12. The number of halogens is 1. The van der Waals surface area contributed by atoms with Gasteiger partial charge in [0.15, 0.2) is 11.5 Å². The molecule has 0 aliphatic heterocycles. The Bertz CT molecular complexity index is 1190. The summed E-state index contributed by atoms with van der Waals surface area (Å²) in [5.74, 6) is -0.202. The highest BCUT2D eigenvalue weighted by molar-refractivity contribution is 8.15. The van der Waals surface area contributed by atoms with Crippen molar-refractivity contribution in [2.24, 2.45) is 9.98 Å². The summed E-state index contributed by atoms with van der Waals surface area (Å²) in [6.45, 7) is 1.69. The number of aryl methyl sites for hydroxylation is 1. The van der Waals surface area contributed by atoms with Gasteiger partial charge in [-0.25, -0.2) is 14.2 Å². The zero-order valence-corrected chi connectivity index (χ0v) is 18.4. The van der Waals surface area contributed by atoms with Crippen molar-refractivity contribution in [3.63, 3.8) is 0 Å². The second kappa shape index (κ2) is 10.1. The number of rotatable bonds is 5. The molecule has 1 aromatic heterocycles. The van der Waals surface area contributed by atoms with E-state index < -0.39 is 11.9 Å². The van der Waals surface area contributed by atoms with E-state index in [1.165, 1.54) is 14.2 Å². The summed E-state index contributed by atoms with van der Waals surface area (Å²) in [5, 5.41) is 14.1. The third-order valence-electron chi connectivity index (χ3n) is 4.18. The zero-order valence-electron chi connectivity index (χ0n) is 17.6. The quantitative estimate of drug-likeness (QED) is 0.437. The standard InChI is InChI=1S/C21H19FN4O5S/c1-11-23-19(26-31-11)12-5-7-13(8-6-12)24-18(20(32-4)25-21(28)30-3)14-9-16(27)17(29-2)10-15(14)22/h5-10,27H,1-4H3. The smallest absolute Gasteiger partial charge is 0.434 e. The number of nitrogens with zero attached hydrogens (tertiary/aromatic N) is 4. The second-order valence-electron chi connectivity index (χ2n) is 6.24. The maximum atomic E-state index is 14.9. The van der Waals surface area contributed by atoms with Crippen LogP contribution in [0, 0.1) is 12.7 Å². The van der Waals surface area contributed by atoms with Gasteiger partial charge in [0.05, 0.1) is 19.9 Å². The SMILES string of the molecule is COC(=O)N=C(SC)C(=Nc1ccc(-c2noc(C)n2)cc1)c1cc(O)c(OC)cc1F. The molecule has 2 aromatic carbocycles. The fourth-order valence-electron chi connectivity index (χ4n) is 2.67. The first-order chi connectivity index (χ1) is 15.4. The summed E-state index contributed by atoms with van der Waals surface area (Å²) < 4.78 is 29.4. The molecular formula is C21H19FN4O5S. The largest absolute Gasteiger partial charge is 0.504 e. The Morgan fingerprint density at radius 1 is 1.22 bits per heavy atom. The van der Waals surface area contributed by atoms with Gasteiger partial charge < -0.3 is 19.1 Å². The predicted molar refractivity (Wildman–Crippen MR) is 119 cm³/mol. The summed E-state index contributed by atoms with van der Waals surface area (Å²) in [5.41, 5.74) is 1.09. The van der Waals surface area contributed by atoms with Gasteiger partial charge in [0, 0.05) is 24.1 Å². The summed E-state index contributed by atoms with van der Waals surface area (Å²) in [4.78, 5) is 24.3. The van der Waals surface area contributed by atoms with Crippen LogP contribution in [0.2, 0.25) is 0 Å². The van der Waals surface area contributed by atoms with Crippen LogP contribution in [-0.2, 0) is 4.74 Å². The molecule has 0 radical (unpaired) electrons. The lowest BCUT2D eigenvalue weighted by atomic mass is 10.1. The van der Waals surface area contributed by atoms with E-state index >= 15 is 0 Å². The van der Waals surface area contributed by atoms with Crippen LogP contribution in [0.25, 0.3) is 11.4 Å². The maximum Gasteiger partial charge on any atom is 0.434 e. The van der Waals surface area contributed by atoms with E-state index in [-0.39, 0.29) is 27.8 Å². The van der Waals surface area contributed by atoms with Crippen LogP contribution in [0.1, 0.15) is 11.5 Å². The molecular weight excluding hydrogens is 439 g/mol. The first-order valence-corrected chi connectivity index (χ1v) is 10.4. The van der Waals surface area contributed by atoms with E-state index in [1.807, 2.05) is 0 Å². The third kappa shape index (κ3) is 5.11. The number of amides is 1. The van der Waals surface area contributed by atoms with E-state index in [4.69, 9.17) is 9.26 Å². The van der Waals surface area contributed by atoms with Crippen molar-refractivity contribution in [1.82, 2.24) is 10.1 Å². The molecule has 1 heterocycles. The fraction of sp³-hybridized carbons (Fsp3) is 0.190. The number of phenols is 1. The lowest BCUT2D eigenvalue weighted by Crippen LogP contribution is -2.16. The van der Waals surface area contributed by atoms with Gasteiger partial charge in [-0.15, -0.1) is 11.8 Å². The molecule has 0 unspecified atom stereocenters. The van der Waals surface area contributed by atoms with Crippen molar-refractivity contribution in [1.29, 1.82) is 0 Å². The number of carbonyl (C=O) groups is 1. The number of benzene rings is 2. The highest BCUT2D eigenvalue weighted by Gasteiger charge is 2.20. The minimum atomic E-state index is -0.872. The summed E-state index contributed by atoms with van der Waals surface area (Å²) in [7, 11) is 2.49. The molecule has 11 heteroatoms. The van der Waals surface area contributed by atoms with Gasteiger partial charge in [-0.05, 0) is 36.6 Å². The number of carbonyl (C=O) groups excluding carboxylic acids is 1. The Morgan fingerprint density at radius 3 is 2.50 bits per heavy atom. The van der Waals surface area contributed by atoms with Crippen LogP contribution in [0.4, 0.5) is 14.9 Å². The van der Waals surface area contributed by atoms with Crippen LogP contribution in [0.3, 0.4) is 0 Å². The minimum Gasteiger partial charge on any atom is -0.504 e. The summed E-state index contributed by atoms with van der Waals surface area (Å²) >= 11 is 1.07. The van der Waals surface area contributed by atoms with Crippen molar-refractivity contribution >= 4 is 34.3 Å². The van der Waals surface area contributed by atoms with Gasteiger partial charge in [0.2, 0.25) is 11.7 Å². The van der Waals surface area contributed by atoms with Gasteiger partial charge >= 0.3 is 6.09 Å². The van der Waals surface area contributed by atoms with Crippen molar-refractivity contribution in [2.45, 2.75) is 6.92 Å². The average molecular weight is 458 g/mol. The second-order valence-corrected chi connectivity index (χ2v) is 7.03. The molecule has 0 atom stereocenters. The normalized spacial score (nSPS) is 12.0. The summed E-state index contributed by atoms with van der Waals surface area (Å²) in [6, 6.07) is 8.96. The van der Waals surface area contributed by atoms with Gasteiger partial charge in [-0.1, -0.05) is 5.16 Å². The van der Waals surface area contributed by atoms with E-state index in [2.05, 4.69) is 24.9 Å². The highest BCUT2D eigenvalue weighted by Crippen LogP contribution is 2.31. The molecule has 0 spiro atoms. The molecule has 3 rings (SSSR count). The number of methoxy groups -OCH3 is 2. The Kier molecular flexibility index (Phi) is 7.21.